The van der Waals surface area contributed by atoms with Gasteiger partial charge in [0.25, 0.3) is 0 Å². The molecular formula is C27H18Br2O. The minimum Gasteiger partial charge on any atom is -0.289 e. The van der Waals surface area contributed by atoms with Crippen LogP contribution in [0.25, 0.3) is 33.4 Å². The monoisotopic (exact) mass is 516 g/mol. The second kappa shape index (κ2) is 7.98. The van der Waals surface area contributed by atoms with Crippen molar-refractivity contribution in [2.45, 2.75) is 10.7 Å². The molecule has 4 aromatic rings. The van der Waals surface area contributed by atoms with Crippen molar-refractivity contribution in [3.05, 3.63) is 107 Å². The lowest BCUT2D eigenvalue weighted by atomic mass is 9.82. The first-order valence-electron chi connectivity index (χ1n) is 9.84. The molecule has 146 valence electrons. The smallest absolute Gasteiger partial charge is 0.194 e. The topological polar surface area (TPSA) is 17.1 Å². The second-order valence-electron chi connectivity index (χ2n) is 7.33. The van der Waals surface area contributed by atoms with Crippen LogP contribution in [0.4, 0.5) is 0 Å². The number of hydrogen-bond donors (Lipinski definition) is 0. The Morgan fingerprint density at radius 1 is 0.500 bits per heavy atom. The Kier molecular flexibility index (Phi) is 5.18. The van der Waals surface area contributed by atoms with Gasteiger partial charge >= 0.3 is 0 Å². The number of alkyl halides is 2. The van der Waals surface area contributed by atoms with E-state index in [1.165, 1.54) is 5.56 Å². The van der Waals surface area contributed by atoms with Crippen LogP contribution in [0.1, 0.15) is 27.0 Å². The van der Waals surface area contributed by atoms with E-state index >= 15 is 0 Å². The predicted molar refractivity (Wildman–Crippen MR) is 131 cm³/mol. The Labute approximate surface area is 193 Å². The Hall–Kier alpha value is -2.49. The van der Waals surface area contributed by atoms with Crippen LogP contribution in [0.15, 0.2) is 84.9 Å². The zero-order valence-corrected chi connectivity index (χ0v) is 19.3. The highest BCUT2D eigenvalue weighted by atomic mass is 79.9. The lowest BCUT2D eigenvalue weighted by Crippen LogP contribution is -2.06. The summed E-state index contributed by atoms with van der Waals surface area (Å²) in [6.45, 7) is 0. The van der Waals surface area contributed by atoms with E-state index in [0.29, 0.717) is 10.7 Å². The Bertz CT molecular complexity index is 1260. The summed E-state index contributed by atoms with van der Waals surface area (Å²) in [5.41, 5.74) is 10.5. The van der Waals surface area contributed by atoms with E-state index in [2.05, 4.69) is 74.3 Å². The summed E-state index contributed by atoms with van der Waals surface area (Å²) in [5.74, 6) is 0.111. The van der Waals surface area contributed by atoms with Gasteiger partial charge in [0.05, 0.1) is 0 Å². The summed E-state index contributed by atoms with van der Waals surface area (Å²) in [4.78, 5) is 13.7. The van der Waals surface area contributed by atoms with E-state index < -0.39 is 0 Å². The van der Waals surface area contributed by atoms with Crippen molar-refractivity contribution in [1.82, 2.24) is 0 Å². The maximum atomic E-state index is 13.7. The Morgan fingerprint density at radius 3 is 1.43 bits per heavy atom. The van der Waals surface area contributed by atoms with E-state index in [1.54, 1.807) is 0 Å². The molecule has 5 rings (SSSR count). The first-order valence-corrected chi connectivity index (χ1v) is 12.1. The fraction of sp³-hybridized carbons (Fsp3) is 0.0741. The summed E-state index contributed by atoms with van der Waals surface area (Å²) < 4.78 is 0. The number of ketones is 1. The maximum Gasteiger partial charge on any atom is 0.194 e. The van der Waals surface area contributed by atoms with Crippen molar-refractivity contribution >= 4 is 37.6 Å². The molecule has 4 aromatic carbocycles. The number of benzene rings is 4. The fourth-order valence-corrected chi connectivity index (χ4v) is 5.76. The minimum absolute atomic E-state index is 0.111. The normalized spacial score (nSPS) is 12.0. The van der Waals surface area contributed by atoms with Gasteiger partial charge in [-0.2, -0.15) is 0 Å². The molecule has 0 fully saturated rings. The number of halogens is 2. The number of hydrogen-bond acceptors (Lipinski definition) is 1. The summed E-state index contributed by atoms with van der Waals surface area (Å²) in [6.07, 6.45) is 0. The second-order valence-corrected chi connectivity index (χ2v) is 8.45. The minimum atomic E-state index is 0.111. The van der Waals surface area contributed by atoms with Crippen LogP contribution in [0.5, 0.6) is 0 Å². The van der Waals surface area contributed by atoms with Gasteiger partial charge in [0.1, 0.15) is 0 Å². The van der Waals surface area contributed by atoms with Gasteiger partial charge in [-0.05, 0) is 38.9 Å². The summed E-state index contributed by atoms with van der Waals surface area (Å²) in [7, 11) is 0. The molecule has 1 aliphatic rings. The van der Waals surface area contributed by atoms with E-state index in [0.717, 1.165) is 50.1 Å². The van der Waals surface area contributed by atoms with Crippen LogP contribution in [-0.4, -0.2) is 5.78 Å². The number of carbonyl (C=O) groups is 1. The third-order valence-corrected chi connectivity index (χ3v) is 6.90. The van der Waals surface area contributed by atoms with Gasteiger partial charge in [-0.1, -0.05) is 117 Å². The zero-order valence-electron chi connectivity index (χ0n) is 16.2. The van der Waals surface area contributed by atoms with Crippen molar-refractivity contribution in [2.24, 2.45) is 0 Å². The van der Waals surface area contributed by atoms with Gasteiger partial charge < -0.3 is 0 Å². The maximum absolute atomic E-state index is 13.7. The third-order valence-electron chi connectivity index (χ3n) is 5.78. The first-order chi connectivity index (χ1) is 14.8. The van der Waals surface area contributed by atoms with Crippen molar-refractivity contribution in [3.8, 4) is 33.4 Å². The number of carbonyl (C=O) groups excluding carboxylic acids is 1. The van der Waals surface area contributed by atoms with Crippen LogP contribution < -0.4 is 0 Å². The molecule has 0 N–H and O–H groups in total. The molecule has 0 saturated carbocycles. The van der Waals surface area contributed by atoms with Gasteiger partial charge in [0.2, 0.25) is 0 Å². The fourth-order valence-electron chi connectivity index (χ4n) is 4.53. The van der Waals surface area contributed by atoms with E-state index in [-0.39, 0.29) is 5.78 Å². The Balaban J connectivity index is 2.00. The van der Waals surface area contributed by atoms with Gasteiger partial charge in [-0.3, -0.25) is 4.79 Å². The van der Waals surface area contributed by atoms with Crippen LogP contribution in [0.2, 0.25) is 0 Å². The molecule has 3 heteroatoms. The van der Waals surface area contributed by atoms with Gasteiger partial charge in [-0.25, -0.2) is 0 Å². The molecule has 0 spiro atoms. The summed E-state index contributed by atoms with van der Waals surface area (Å²) in [5, 5.41) is 1.39. The van der Waals surface area contributed by atoms with Crippen LogP contribution in [0, 0.1) is 0 Å². The van der Waals surface area contributed by atoms with Gasteiger partial charge in [0, 0.05) is 27.4 Å². The highest BCUT2D eigenvalue weighted by molar-refractivity contribution is 9.09. The van der Waals surface area contributed by atoms with Gasteiger partial charge in [0.15, 0.2) is 5.78 Å². The largest absolute Gasteiger partial charge is 0.289 e. The van der Waals surface area contributed by atoms with Crippen LogP contribution in [-0.2, 0) is 10.7 Å². The van der Waals surface area contributed by atoms with E-state index in [4.69, 9.17) is 0 Å². The lowest BCUT2D eigenvalue weighted by Gasteiger charge is -2.22. The summed E-state index contributed by atoms with van der Waals surface area (Å²) >= 11 is 7.50. The molecule has 0 heterocycles. The molecule has 0 radical (unpaired) electrons. The molecule has 0 saturated heterocycles. The van der Waals surface area contributed by atoms with Crippen LogP contribution in [0.3, 0.4) is 0 Å². The molecule has 0 atom stereocenters. The van der Waals surface area contributed by atoms with Crippen LogP contribution >= 0.6 is 31.9 Å². The molecular weight excluding hydrogens is 500 g/mol. The van der Waals surface area contributed by atoms with E-state index in [9.17, 15) is 4.79 Å². The lowest BCUT2D eigenvalue weighted by molar-refractivity contribution is 0.104. The molecule has 0 amide bonds. The average molecular weight is 518 g/mol. The Morgan fingerprint density at radius 2 is 0.933 bits per heavy atom. The molecule has 0 bridgehead atoms. The quantitative estimate of drug-likeness (QED) is 0.220. The molecule has 30 heavy (non-hydrogen) atoms. The van der Waals surface area contributed by atoms with Crippen molar-refractivity contribution in [3.63, 3.8) is 0 Å². The van der Waals surface area contributed by atoms with E-state index in [1.807, 2.05) is 42.5 Å². The van der Waals surface area contributed by atoms with Crippen molar-refractivity contribution in [1.29, 1.82) is 0 Å². The first kappa shape index (κ1) is 19.5. The predicted octanol–water partition coefficient (Wildman–Crippen LogP) is 8.02. The molecule has 1 aliphatic carbocycles. The molecule has 0 unspecified atom stereocenters. The molecule has 0 aromatic heterocycles. The van der Waals surface area contributed by atoms with Crippen molar-refractivity contribution in [2.75, 3.05) is 0 Å². The summed E-state index contributed by atoms with van der Waals surface area (Å²) in [6, 6.07) is 28.7. The zero-order chi connectivity index (χ0) is 20.7. The number of fused-ring (bicyclic) bond motifs is 3. The third kappa shape index (κ3) is 2.91. The SMILES string of the molecule is O=C1c2ccccc2-c2c1c(-c1ccccc1)c(CBr)c(CBr)c2-c1ccccc1. The standard InChI is InChI=1S/C27H18Br2O/c28-15-21-22(16-29)24(18-11-5-2-6-12-18)26-25(23(21)17-9-3-1-4-10-17)19-13-7-8-14-20(19)27(26)30/h1-14H,15-16H2. The molecule has 0 aliphatic heterocycles. The van der Waals surface area contributed by atoms with Gasteiger partial charge in [-0.15, -0.1) is 0 Å². The van der Waals surface area contributed by atoms with Crippen molar-refractivity contribution < 1.29 is 4.79 Å². The highest BCUT2D eigenvalue weighted by Crippen LogP contribution is 2.51. The average Bonchev–Trinajstić information content (AvgIpc) is 3.11. The molecule has 1 nitrogen and oxygen atoms in total. The number of rotatable bonds is 4. The highest BCUT2D eigenvalue weighted by Gasteiger charge is 2.35.